The molecule has 144 valence electrons. The highest BCUT2D eigenvalue weighted by molar-refractivity contribution is 5.54. The fraction of sp³-hybridized carbons (Fsp3) is 0.619. The van der Waals surface area contributed by atoms with Crippen LogP contribution in [0, 0.1) is 0 Å². The topological polar surface area (TPSA) is 49.2 Å². The molecule has 2 aromatic rings. The lowest BCUT2D eigenvalue weighted by molar-refractivity contribution is 0.194. The number of aromatic nitrogens is 3. The molecule has 0 unspecified atom stereocenters. The van der Waals surface area contributed by atoms with Crippen LogP contribution >= 0.6 is 0 Å². The van der Waals surface area contributed by atoms with Gasteiger partial charge in [0.15, 0.2) is 0 Å². The van der Waals surface area contributed by atoms with Gasteiger partial charge in [0.2, 0.25) is 0 Å². The Bertz CT molecular complexity index is 779. The molecule has 3 aliphatic rings. The average molecular weight is 367 g/mol. The predicted octanol–water partition coefficient (Wildman–Crippen LogP) is 2.36. The van der Waals surface area contributed by atoms with Crippen molar-refractivity contribution >= 4 is 5.69 Å². The molecule has 6 heteroatoms. The molecule has 1 aromatic heterocycles. The zero-order valence-corrected chi connectivity index (χ0v) is 16.1. The van der Waals surface area contributed by atoms with Gasteiger partial charge in [0, 0.05) is 50.9 Å². The molecule has 0 radical (unpaired) electrons. The molecule has 1 aromatic carbocycles. The zero-order valence-electron chi connectivity index (χ0n) is 16.1. The van der Waals surface area contributed by atoms with Crippen LogP contribution in [0.1, 0.15) is 48.8 Å². The third kappa shape index (κ3) is 3.48. The summed E-state index contributed by atoms with van der Waals surface area (Å²) in [6.45, 7) is 8.63. The Kier molecular flexibility index (Phi) is 4.84. The first-order valence-electron chi connectivity index (χ1n) is 10.6. The minimum atomic E-state index is 0.511. The highest BCUT2D eigenvalue weighted by Gasteiger charge is 2.28. The number of nitrogens with zero attached hydrogens (tertiary/aromatic N) is 5. The molecule has 27 heavy (non-hydrogen) atoms. The van der Waals surface area contributed by atoms with Crippen molar-refractivity contribution < 1.29 is 0 Å². The Morgan fingerprint density at radius 2 is 1.89 bits per heavy atom. The molecular formula is C21H30N6. The quantitative estimate of drug-likeness (QED) is 0.900. The zero-order chi connectivity index (χ0) is 18.1. The van der Waals surface area contributed by atoms with E-state index in [1.807, 2.05) is 0 Å². The van der Waals surface area contributed by atoms with Crippen molar-refractivity contribution in [2.75, 3.05) is 37.6 Å². The first-order valence-corrected chi connectivity index (χ1v) is 10.6. The first kappa shape index (κ1) is 17.2. The Balaban J connectivity index is 1.32. The third-order valence-corrected chi connectivity index (χ3v) is 6.35. The normalized spacial score (nSPS) is 23.6. The number of hydrogen-bond acceptors (Lipinski definition) is 5. The lowest BCUT2D eigenvalue weighted by atomic mass is 9.96. The van der Waals surface area contributed by atoms with E-state index in [9.17, 15) is 0 Å². The maximum absolute atomic E-state index is 4.58. The van der Waals surface area contributed by atoms with Crippen LogP contribution in [0.15, 0.2) is 24.3 Å². The van der Waals surface area contributed by atoms with Gasteiger partial charge >= 0.3 is 0 Å². The lowest BCUT2D eigenvalue weighted by Gasteiger charge is -2.34. The first-order chi connectivity index (χ1) is 13.4. The highest BCUT2D eigenvalue weighted by Crippen LogP contribution is 2.30. The monoisotopic (exact) mass is 366 g/mol. The molecular weight excluding hydrogens is 336 g/mol. The van der Waals surface area contributed by atoms with Gasteiger partial charge in [0.1, 0.15) is 11.6 Å². The second-order valence-electron chi connectivity index (χ2n) is 8.20. The van der Waals surface area contributed by atoms with Gasteiger partial charge < -0.3 is 14.8 Å². The van der Waals surface area contributed by atoms with Crippen LogP contribution in [-0.4, -0.2) is 52.4 Å². The van der Waals surface area contributed by atoms with Crippen molar-refractivity contribution in [3.05, 3.63) is 41.5 Å². The van der Waals surface area contributed by atoms with E-state index in [1.165, 1.54) is 62.4 Å². The predicted molar refractivity (Wildman–Crippen MR) is 107 cm³/mol. The van der Waals surface area contributed by atoms with E-state index in [0.29, 0.717) is 5.92 Å². The molecule has 1 atom stereocenters. The Hall–Kier alpha value is -1.92. The van der Waals surface area contributed by atoms with Crippen molar-refractivity contribution in [2.45, 2.75) is 51.2 Å². The highest BCUT2D eigenvalue weighted by atomic mass is 15.3. The summed E-state index contributed by atoms with van der Waals surface area (Å²) in [6, 6.07) is 9.01. The van der Waals surface area contributed by atoms with E-state index < -0.39 is 0 Å². The molecule has 6 nitrogen and oxygen atoms in total. The summed E-state index contributed by atoms with van der Waals surface area (Å²) in [5, 5.41) is 12.4. The number of hydrogen-bond donors (Lipinski definition) is 1. The number of likely N-dealkylation sites (tertiary alicyclic amines) is 1. The van der Waals surface area contributed by atoms with Crippen molar-refractivity contribution in [1.29, 1.82) is 0 Å². The minimum absolute atomic E-state index is 0.511. The summed E-state index contributed by atoms with van der Waals surface area (Å²) in [5.41, 5.74) is 2.93. The van der Waals surface area contributed by atoms with Gasteiger partial charge in [-0.1, -0.05) is 18.2 Å². The van der Waals surface area contributed by atoms with Gasteiger partial charge in [-0.2, -0.15) is 0 Å². The smallest absolute Gasteiger partial charge is 0.147 e. The minimum Gasteiger partial charge on any atom is -0.371 e. The molecule has 0 bridgehead atoms. The van der Waals surface area contributed by atoms with Crippen LogP contribution in [0.4, 0.5) is 5.69 Å². The van der Waals surface area contributed by atoms with E-state index in [-0.39, 0.29) is 0 Å². The summed E-state index contributed by atoms with van der Waals surface area (Å²) in [5.74, 6) is 2.83. The number of para-hydroxylation sites is 1. The lowest BCUT2D eigenvalue weighted by Crippen LogP contribution is -2.36. The summed E-state index contributed by atoms with van der Waals surface area (Å²) in [6.07, 6.45) is 5.13. The van der Waals surface area contributed by atoms with Gasteiger partial charge in [-0.3, -0.25) is 4.90 Å². The van der Waals surface area contributed by atoms with Gasteiger partial charge in [-0.25, -0.2) is 0 Å². The Morgan fingerprint density at radius 1 is 1.00 bits per heavy atom. The van der Waals surface area contributed by atoms with E-state index in [1.54, 1.807) is 0 Å². The van der Waals surface area contributed by atoms with Crippen molar-refractivity contribution in [2.24, 2.45) is 0 Å². The van der Waals surface area contributed by atoms with Crippen LogP contribution < -0.4 is 10.2 Å². The number of rotatable bonds is 4. The molecule has 1 N–H and O–H groups in total. The van der Waals surface area contributed by atoms with Gasteiger partial charge in [-0.15, -0.1) is 10.2 Å². The maximum Gasteiger partial charge on any atom is 0.147 e. The molecule has 5 rings (SSSR count). The molecule has 0 spiro atoms. The van der Waals surface area contributed by atoms with Crippen LogP contribution in [0.25, 0.3) is 0 Å². The van der Waals surface area contributed by atoms with Gasteiger partial charge in [-0.05, 0) is 43.9 Å². The van der Waals surface area contributed by atoms with E-state index in [0.717, 1.165) is 38.5 Å². The fourth-order valence-electron chi connectivity index (χ4n) is 4.98. The molecule has 4 heterocycles. The molecule has 0 amide bonds. The number of nitrogens with one attached hydrogen (secondary N) is 1. The van der Waals surface area contributed by atoms with Crippen LogP contribution in [-0.2, 0) is 19.6 Å². The number of anilines is 1. The largest absolute Gasteiger partial charge is 0.371 e. The van der Waals surface area contributed by atoms with Crippen LogP contribution in [0.2, 0.25) is 0 Å². The SMILES string of the molecule is c1ccc(N2CCCC2)c(CN2CCC[C@H](c3nnc4n3CCNC4)C2)c1. The standard InChI is InChI=1S/C21H30N6/c1-2-8-19(26-11-3-4-12-26)17(6-1)15-25-10-5-7-18(16-25)21-24-23-20-14-22-9-13-27(20)21/h1-2,6,8,18,22H,3-5,7,9-16H2/t18-/m0/s1. The fourth-order valence-corrected chi connectivity index (χ4v) is 4.98. The Labute approximate surface area is 161 Å². The average Bonchev–Trinajstić information content (AvgIpc) is 3.39. The second-order valence-corrected chi connectivity index (χ2v) is 8.20. The summed E-state index contributed by atoms with van der Waals surface area (Å²) >= 11 is 0. The van der Waals surface area contributed by atoms with E-state index in [4.69, 9.17) is 0 Å². The van der Waals surface area contributed by atoms with E-state index >= 15 is 0 Å². The summed E-state index contributed by atoms with van der Waals surface area (Å²) in [4.78, 5) is 5.20. The second kappa shape index (κ2) is 7.60. The van der Waals surface area contributed by atoms with Gasteiger partial charge in [0.05, 0.1) is 6.54 Å². The molecule has 0 saturated carbocycles. The van der Waals surface area contributed by atoms with Crippen molar-refractivity contribution in [3.8, 4) is 0 Å². The van der Waals surface area contributed by atoms with Gasteiger partial charge in [0.25, 0.3) is 0 Å². The summed E-state index contributed by atoms with van der Waals surface area (Å²) in [7, 11) is 0. The molecule has 3 aliphatic heterocycles. The molecule has 0 aliphatic carbocycles. The number of benzene rings is 1. The maximum atomic E-state index is 4.58. The van der Waals surface area contributed by atoms with E-state index in [2.05, 4.69) is 54.1 Å². The molecule has 2 fully saturated rings. The Morgan fingerprint density at radius 3 is 2.81 bits per heavy atom. The van der Waals surface area contributed by atoms with Crippen LogP contribution in [0.5, 0.6) is 0 Å². The summed E-state index contributed by atoms with van der Waals surface area (Å²) < 4.78 is 2.36. The molecule has 2 saturated heterocycles. The van der Waals surface area contributed by atoms with Crippen molar-refractivity contribution in [3.63, 3.8) is 0 Å². The van der Waals surface area contributed by atoms with Crippen molar-refractivity contribution in [1.82, 2.24) is 25.0 Å². The third-order valence-electron chi connectivity index (χ3n) is 6.35. The number of fused-ring (bicyclic) bond motifs is 1. The van der Waals surface area contributed by atoms with Crippen LogP contribution in [0.3, 0.4) is 0 Å². The number of piperidine rings is 1.